The van der Waals surface area contributed by atoms with E-state index in [2.05, 4.69) is 32.9 Å². The predicted molar refractivity (Wildman–Crippen MR) is 121 cm³/mol. The first kappa shape index (κ1) is 21.4. The molecule has 2 aromatic carbocycles. The van der Waals surface area contributed by atoms with E-state index in [1.807, 2.05) is 42.5 Å². The van der Waals surface area contributed by atoms with Crippen LogP contribution in [0.4, 0.5) is 0 Å². The molecule has 27 heavy (non-hydrogen) atoms. The molecule has 0 unspecified atom stereocenters. The molecule has 2 aromatic rings. The van der Waals surface area contributed by atoms with Crippen molar-refractivity contribution in [3.8, 4) is 5.75 Å². The molecule has 142 valence electrons. The van der Waals surface area contributed by atoms with E-state index in [4.69, 9.17) is 4.74 Å². The van der Waals surface area contributed by atoms with Crippen molar-refractivity contribution in [1.29, 1.82) is 0 Å². The van der Waals surface area contributed by atoms with Gasteiger partial charge < -0.3 is 4.74 Å². The van der Waals surface area contributed by atoms with Gasteiger partial charge >= 0.3 is 0 Å². The molecule has 0 bridgehead atoms. The zero-order valence-corrected chi connectivity index (χ0v) is 18.0. The lowest BCUT2D eigenvalue weighted by Gasteiger charge is -2.12. The zero-order valence-electron chi connectivity index (χ0n) is 16.3. The Kier molecular flexibility index (Phi) is 8.76. The fraction of sp³-hybridized carbons (Fsp3) is 0.261. The van der Waals surface area contributed by atoms with Crippen molar-refractivity contribution in [1.82, 2.24) is 0 Å². The minimum Gasteiger partial charge on any atom is -0.497 e. The first-order valence-electron chi connectivity index (χ1n) is 9.02. The average Bonchev–Trinajstić information content (AvgIpc) is 2.68. The number of ketones is 1. The van der Waals surface area contributed by atoms with Crippen molar-refractivity contribution in [2.75, 3.05) is 18.6 Å². The van der Waals surface area contributed by atoms with Crippen LogP contribution in [0.1, 0.15) is 30.5 Å². The number of methoxy groups -OCH3 is 1. The van der Waals surface area contributed by atoms with Crippen LogP contribution < -0.4 is 4.74 Å². The van der Waals surface area contributed by atoms with E-state index in [1.54, 1.807) is 36.7 Å². The van der Waals surface area contributed by atoms with Crippen molar-refractivity contribution in [2.24, 2.45) is 0 Å². The zero-order chi connectivity index (χ0) is 19.6. The third-order valence-corrected chi connectivity index (χ3v) is 6.10. The fourth-order valence-electron chi connectivity index (χ4n) is 2.50. The van der Waals surface area contributed by atoms with Crippen LogP contribution in [0.25, 0.3) is 11.6 Å². The molecule has 0 heterocycles. The summed E-state index contributed by atoms with van der Waals surface area (Å²) in [5, 5.41) is 0. The number of hydrogen-bond acceptors (Lipinski definition) is 4. The summed E-state index contributed by atoms with van der Waals surface area (Å²) in [7, 11) is 1.65. The molecule has 0 aliphatic rings. The molecule has 0 spiro atoms. The van der Waals surface area contributed by atoms with Gasteiger partial charge in [0.15, 0.2) is 5.78 Å². The van der Waals surface area contributed by atoms with Gasteiger partial charge in [0.1, 0.15) is 5.75 Å². The number of aryl methyl sites for hydroxylation is 1. The van der Waals surface area contributed by atoms with E-state index in [0.717, 1.165) is 38.2 Å². The third-order valence-electron chi connectivity index (χ3n) is 3.88. The highest BCUT2D eigenvalue weighted by Gasteiger charge is 2.16. The van der Waals surface area contributed by atoms with Crippen LogP contribution in [0.3, 0.4) is 0 Å². The van der Waals surface area contributed by atoms with E-state index < -0.39 is 0 Å². The summed E-state index contributed by atoms with van der Waals surface area (Å²) < 4.78 is 6.33. The van der Waals surface area contributed by atoms with Gasteiger partial charge in [-0.1, -0.05) is 61.9 Å². The lowest BCUT2D eigenvalue weighted by Crippen LogP contribution is -2.01. The number of thioether (sulfide) groups is 2. The standard InChI is InChI=1S/C23H26O2S2/c1-5-26-23(27-6-2)22(19-12-14-20(25-4)15-13-19)21(24)16-11-18-9-7-17(3)8-10-18/h7-16H,5-6H2,1-4H3/b16-11+. The molecule has 0 aromatic heterocycles. The van der Waals surface area contributed by atoms with E-state index in [1.165, 1.54) is 5.56 Å². The smallest absolute Gasteiger partial charge is 0.188 e. The molecule has 0 radical (unpaired) electrons. The summed E-state index contributed by atoms with van der Waals surface area (Å²) in [6.45, 7) is 6.28. The Balaban J connectivity index is 2.41. The van der Waals surface area contributed by atoms with E-state index >= 15 is 0 Å². The first-order chi connectivity index (χ1) is 13.1. The summed E-state index contributed by atoms with van der Waals surface area (Å²) in [5.41, 5.74) is 3.92. The lowest BCUT2D eigenvalue weighted by molar-refractivity contribution is -0.109. The Morgan fingerprint density at radius 2 is 1.56 bits per heavy atom. The Morgan fingerprint density at radius 3 is 2.07 bits per heavy atom. The third kappa shape index (κ3) is 6.33. The summed E-state index contributed by atoms with van der Waals surface area (Å²) in [5.74, 6) is 2.67. The minimum absolute atomic E-state index is 0.0256. The first-order valence-corrected chi connectivity index (χ1v) is 11.0. The van der Waals surface area contributed by atoms with Gasteiger partial charge in [0.05, 0.1) is 11.3 Å². The van der Waals surface area contributed by atoms with Crippen LogP contribution in [-0.2, 0) is 4.79 Å². The molecule has 0 saturated carbocycles. The summed E-state index contributed by atoms with van der Waals surface area (Å²) >= 11 is 3.44. The van der Waals surface area contributed by atoms with Crippen molar-refractivity contribution < 1.29 is 9.53 Å². The molecular formula is C23H26O2S2. The SMILES string of the molecule is CCSC(SCC)=C(C(=O)/C=C/c1ccc(C)cc1)c1ccc(OC)cc1. The Bertz CT molecular complexity index is 795. The Morgan fingerprint density at radius 1 is 0.963 bits per heavy atom. The Hall–Kier alpha value is -1.91. The van der Waals surface area contributed by atoms with Gasteiger partial charge in [-0.05, 0) is 47.8 Å². The summed E-state index contributed by atoms with van der Waals surface area (Å²) in [6.07, 6.45) is 3.56. The van der Waals surface area contributed by atoms with E-state index in [0.29, 0.717) is 0 Å². The van der Waals surface area contributed by atoms with Gasteiger partial charge in [-0.15, -0.1) is 23.5 Å². The van der Waals surface area contributed by atoms with Crippen molar-refractivity contribution >= 4 is 41.0 Å². The molecule has 0 N–H and O–H groups in total. The second-order valence-electron chi connectivity index (χ2n) is 5.87. The van der Waals surface area contributed by atoms with Crippen molar-refractivity contribution in [3.63, 3.8) is 0 Å². The monoisotopic (exact) mass is 398 g/mol. The molecule has 0 atom stereocenters. The number of allylic oxidation sites excluding steroid dienone is 2. The van der Waals surface area contributed by atoms with Crippen LogP contribution in [-0.4, -0.2) is 24.4 Å². The normalized spacial score (nSPS) is 10.8. The van der Waals surface area contributed by atoms with Gasteiger partial charge in [-0.2, -0.15) is 0 Å². The summed E-state index contributed by atoms with van der Waals surface area (Å²) in [6, 6.07) is 15.9. The topological polar surface area (TPSA) is 26.3 Å². The summed E-state index contributed by atoms with van der Waals surface area (Å²) in [4.78, 5) is 13.1. The minimum atomic E-state index is 0.0256. The number of carbonyl (C=O) groups is 1. The van der Waals surface area contributed by atoms with Crippen molar-refractivity contribution in [2.45, 2.75) is 20.8 Å². The van der Waals surface area contributed by atoms with Crippen LogP contribution in [0.2, 0.25) is 0 Å². The molecule has 0 fully saturated rings. The van der Waals surface area contributed by atoms with E-state index in [-0.39, 0.29) is 5.78 Å². The molecule has 2 rings (SSSR count). The quantitative estimate of drug-likeness (QED) is 0.453. The molecule has 0 aliphatic heterocycles. The van der Waals surface area contributed by atoms with Gasteiger partial charge in [-0.25, -0.2) is 0 Å². The van der Waals surface area contributed by atoms with Gasteiger partial charge in [0.2, 0.25) is 0 Å². The number of benzene rings is 2. The van der Waals surface area contributed by atoms with E-state index in [9.17, 15) is 4.79 Å². The number of carbonyl (C=O) groups excluding carboxylic acids is 1. The van der Waals surface area contributed by atoms with Crippen molar-refractivity contribution in [3.05, 3.63) is 75.5 Å². The highest BCUT2D eigenvalue weighted by atomic mass is 32.2. The van der Waals surface area contributed by atoms with Crippen LogP contribution in [0.5, 0.6) is 5.75 Å². The molecule has 4 heteroatoms. The lowest BCUT2D eigenvalue weighted by atomic mass is 10.0. The van der Waals surface area contributed by atoms with Crippen LogP contribution in [0.15, 0.2) is 58.8 Å². The average molecular weight is 399 g/mol. The van der Waals surface area contributed by atoms with Gasteiger partial charge in [0.25, 0.3) is 0 Å². The molecule has 0 saturated heterocycles. The van der Waals surface area contributed by atoms with Crippen LogP contribution >= 0.6 is 23.5 Å². The number of rotatable bonds is 9. The second-order valence-corrected chi connectivity index (χ2v) is 8.67. The Labute approximate surface area is 171 Å². The molecule has 0 amide bonds. The number of hydrogen-bond donors (Lipinski definition) is 0. The largest absolute Gasteiger partial charge is 0.497 e. The number of ether oxygens (including phenoxy) is 1. The maximum absolute atomic E-state index is 13.1. The molecule has 2 nitrogen and oxygen atoms in total. The van der Waals surface area contributed by atoms with Gasteiger partial charge in [-0.3, -0.25) is 4.79 Å². The highest BCUT2D eigenvalue weighted by Crippen LogP contribution is 2.37. The maximum Gasteiger partial charge on any atom is 0.188 e. The fourth-order valence-corrected chi connectivity index (χ4v) is 4.79. The van der Waals surface area contributed by atoms with Crippen LogP contribution in [0, 0.1) is 6.92 Å². The highest BCUT2D eigenvalue weighted by molar-refractivity contribution is 8.22. The molecular weight excluding hydrogens is 372 g/mol. The maximum atomic E-state index is 13.1. The second kappa shape index (κ2) is 11.1. The molecule has 0 aliphatic carbocycles. The van der Waals surface area contributed by atoms with Gasteiger partial charge in [0, 0.05) is 5.57 Å². The predicted octanol–water partition coefficient (Wildman–Crippen LogP) is 6.46.